The Bertz CT molecular complexity index is 801. The van der Waals surface area contributed by atoms with Gasteiger partial charge in [-0.1, -0.05) is 6.07 Å². The van der Waals surface area contributed by atoms with E-state index in [1.165, 1.54) is 0 Å². The number of piperazine rings is 1. The van der Waals surface area contributed by atoms with Gasteiger partial charge in [-0.15, -0.1) is 0 Å². The number of aryl methyl sites for hydroxylation is 1. The maximum atomic E-state index is 12.5. The number of anilines is 1. The number of nitrogens with zero attached hydrogens (tertiary/aromatic N) is 3. The molecule has 2 aliphatic rings. The fourth-order valence-electron chi connectivity index (χ4n) is 3.50. The van der Waals surface area contributed by atoms with Crippen LogP contribution in [0.2, 0.25) is 0 Å². The van der Waals surface area contributed by atoms with Gasteiger partial charge in [-0.3, -0.25) is 9.59 Å². The molecule has 1 aromatic heterocycles. The van der Waals surface area contributed by atoms with Gasteiger partial charge in [-0.2, -0.15) is 0 Å². The first kappa shape index (κ1) is 16.0. The smallest absolute Gasteiger partial charge is 0.241 e. The summed E-state index contributed by atoms with van der Waals surface area (Å²) in [6.45, 7) is 2.87. The number of amides is 2. The fourth-order valence-corrected chi connectivity index (χ4v) is 3.50. The number of carbonyl (C=O) groups excluding carboxylic acids is 2. The van der Waals surface area contributed by atoms with E-state index in [9.17, 15) is 9.59 Å². The summed E-state index contributed by atoms with van der Waals surface area (Å²) in [6.07, 6.45) is 4.09. The standard InChI is InChI=1S/C19H24N4O2/c1-21-8-7-15-16(3-2-4-17(15)21)20-13-18(24)22-9-11-23(12-10-22)19(25)14-5-6-14/h2-4,7-8,14,20H,5-6,9-13H2,1H3. The topological polar surface area (TPSA) is 57.6 Å². The van der Waals surface area contributed by atoms with Crippen molar-refractivity contribution in [2.45, 2.75) is 12.8 Å². The van der Waals surface area contributed by atoms with E-state index in [0.29, 0.717) is 26.2 Å². The molecule has 2 heterocycles. The van der Waals surface area contributed by atoms with Crippen molar-refractivity contribution < 1.29 is 9.59 Å². The van der Waals surface area contributed by atoms with E-state index in [0.717, 1.165) is 29.4 Å². The predicted molar refractivity (Wildman–Crippen MR) is 97.3 cm³/mol. The van der Waals surface area contributed by atoms with Crippen LogP contribution in [0.3, 0.4) is 0 Å². The molecule has 6 nitrogen and oxygen atoms in total. The Morgan fingerprint density at radius 3 is 2.52 bits per heavy atom. The maximum Gasteiger partial charge on any atom is 0.241 e. The second-order valence-corrected chi connectivity index (χ2v) is 7.00. The lowest BCUT2D eigenvalue weighted by Gasteiger charge is -2.35. The molecule has 0 spiro atoms. The Balaban J connectivity index is 1.32. The molecule has 1 N–H and O–H groups in total. The van der Waals surface area contributed by atoms with Crippen LogP contribution >= 0.6 is 0 Å². The quantitative estimate of drug-likeness (QED) is 0.921. The Hall–Kier alpha value is -2.50. The molecule has 1 aromatic carbocycles. The van der Waals surface area contributed by atoms with E-state index in [4.69, 9.17) is 0 Å². The Morgan fingerprint density at radius 1 is 1.08 bits per heavy atom. The molecule has 2 amide bonds. The molecule has 1 aliphatic carbocycles. The molecular weight excluding hydrogens is 316 g/mol. The molecule has 1 saturated carbocycles. The number of hydrogen-bond acceptors (Lipinski definition) is 3. The largest absolute Gasteiger partial charge is 0.376 e. The van der Waals surface area contributed by atoms with Crippen molar-refractivity contribution in [1.82, 2.24) is 14.4 Å². The summed E-state index contributed by atoms with van der Waals surface area (Å²) in [6, 6.07) is 8.13. The summed E-state index contributed by atoms with van der Waals surface area (Å²) in [4.78, 5) is 28.3. The summed E-state index contributed by atoms with van der Waals surface area (Å²) in [5, 5.41) is 4.40. The van der Waals surface area contributed by atoms with Gasteiger partial charge in [-0.25, -0.2) is 0 Å². The molecular formula is C19H24N4O2. The fraction of sp³-hybridized carbons (Fsp3) is 0.474. The molecule has 2 fully saturated rings. The third-order valence-corrected chi connectivity index (χ3v) is 5.23. The number of nitrogens with one attached hydrogen (secondary N) is 1. The van der Waals surface area contributed by atoms with E-state index in [1.807, 2.05) is 35.2 Å². The van der Waals surface area contributed by atoms with Crippen molar-refractivity contribution in [1.29, 1.82) is 0 Å². The lowest BCUT2D eigenvalue weighted by atomic mass is 10.2. The SMILES string of the molecule is Cn1ccc2c(NCC(=O)N3CCN(C(=O)C4CC4)CC3)cccc21. The van der Waals surface area contributed by atoms with E-state index in [2.05, 4.69) is 22.0 Å². The zero-order valence-corrected chi connectivity index (χ0v) is 14.6. The molecule has 0 bridgehead atoms. The van der Waals surface area contributed by atoms with Crippen LogP contribution in [0, 0.1) is 5.92 Å². The van der Waals surface area contributed by atoms with E-state index >= 15 is 0 Å². The van der Waals surface area contributed by atoms with Crippen molar-refractivity contribution in [3.8, 4) is 0 Å². The van der Waals surface area contributed by atoms with Crippen molar-refractivity contribution in [3.05, 3.63) is 30.5 Å². The molecule has 0 radical (unpaired) electrons. The third kappa shape index (κ3) is 3.21. The summed E-state index contributed by atoms with van der Waals surface area (Å²) >= 11 is 0. The molecule has 1 aliphatic heterocycles. The molecule has 132 valence electrons. The van der Waals surface area contributed by atoms with Crippen molar-refractivity contribution in [2.75, 3.05) is 38.0 Å². The lowest BCUT2D eigenvalue weighted by molar-refractivity contribution is -0.139. The van der Waals surface area contributed by atoms with Crippen molar-refractivity contribution >= 4 is 28.4 Å². The van der Waals surface area contributed by atoms with Crippen LogP contribution in [0.4, 0.5) is 5.69 Å². The van der Waals surface area contributed by atoms with E-state index in [1.54, 1.807) is 0 Å². The zero-order valence-electron chi connectivity index (χ0n) is 14.6. The first-order valence-corrected chi connectivity index (χ1v) is 8.98. The molecule has 2 aromatic rings. The van der Waals surface area contributed by atoms with Crippen molar-refractivity contribution in [2.24, 2.45) is 13.0 Å². The monoisotopic (exact) mass is 340 g/mol. The normalized spacial score (nSPS) is 17.8. The minimum absolute atomic E-state index is 0.0893. The number of benzene rings is 1. The van der Waals surface area contributed by atoms with Crippen LogP contribution in [0.15, 0.2) is 30.5 Å². The molecule has 1 saturated heterocycles. The Kier molecular flexibility index (Phi) is 4.11. The average Bonchev–Trinajstić information content (AvgIpc) is 3.43. The first-order valence-electron chi connectivity index (χ1n) is 8.98. The molecule has 25 heavy (non-hydrogen) atoms. The Morgan fingerprint density at radius 2 is 1.80 bits per heavy atom. The minimum Gasteiger partial charge on any atom is -0.376 e. The summed E-state index contributed by atoms with van der Waals surface area (Å²) < 4.78 is 2.07. The van der Waals surface area contributed by atoms with Crippen molar-refractivity contribution in [3.63, 3.8) is 0 Å². The third-order valence-electron chi connectivity index (χ3n) is 5.23. The number of fused-ring (bicyclic) bond motifs is 1. The summed E-state index contributed by atoms with van der Waals surface area (Å²) in [5.41, 5.74) is 2.12. The van der Waals surface area contributed by atoms with Gasteiger partial charge in [0.15, 0.2) is 0 Å². The second-order valence-electron chi connectivity index (χ2n) is 7.00. The molecule has 0 unspecified atom stereocenters. The van der Waals surface area contributed by atoms with E-state index in [-0.39, 0.29) is 24.3 Å². The summed E-state index contributed by atoms with van der Waals surface area (Å²) in [7, 11) is 2.01. The van der Waals surface area contributed by atoms with Gasteiger partial charge in [0.25, 0.3) is 0 Å². The van der Waals surface area contributed by atoms with Crippen LogP contribution in [0.1, 0.15) is 12.8 Å². The van der Waals surface area contributed by atoms with E-state index < -0.39 is 0 Å². The lowest BCUT2D eigenvalue weighted by Crippen LogP contribution is -2.52. The molecule has 0 atom stereocenters. The highest BCUT2D eigenvalue weighted by atomic mass is 16.2. The summed E-state index contributed by atoms with van der Waals surface area (Å²) in [5.74, 6) is 0.628. The van der Waals surface area contributed by atoms with Gasteiger partial charge < -0.3 is 19.7 Å². The highest BCUT2D eigenvalue weighted by Gasteiger charge is 2.35. The van der Waals surface area contributed by atoms with Crippen LogP contribution in [-0.4, -0.2) is 58.9 Å². The predicted octanol–water partition coefficient (Wildman–Crippen LogP) is 1.67. The number of hydrogen-bond donors (Lipinski definition) is 1. The van der Waals surface area contributed by atoms with Gasteiger partial charge in [0.05, 0.1) is 6.54 Å². The average molecular weight is 340 g/mol. The zero-order chi connectivity index (χ0) is 17.4. The van der Waals surface area contributed by atoms with Crippen LogP contribution in [0.5, 0.6) is 0 Å². The first-order chi connectivity index (χ1) is 12.1. The van der Waals surface area contributed by atoms with Gasteiger partial charge in [0.2, 0.25) is 11.8 Å². The highest BCUT2D eigenvalue weighted by molar-refractivity contribution is 5.94. The van der Waals surface area contributed by atoms with Gasteiger partial charge in [-0.05, 0) is 31.0 Å². The van der Waals surface area contributed by atoms with Gasteiger partial charge in [0, 0.05) is 61.9 Å². The second kappa shape index (κ2) is 6.43. The van der Waals surface area contributed by atoms with Gasteiger partial charge >= 0.3 is 0 Å². The van der Waals surface area contributed by atoms with Crippen LogP contribution < -0.4 is 5.32 Å². The van der Waals surface area contributed by atoms with Crippen LogP contribution in [0.25, 0.3) is 10.9 Å². The molecule has 4 rings (SSSR count). The maximum absolute atomic E-state index is 12.5. The minimum atomic E-state index is 0.0893. The highest BCUT2D eigenvalue weighted by Crippen LogP contribution is 2.31. The molecule has 6 heteroatoms. The van der Waals surface area contributed by atoms with Crippen LogP contribution in [-0.2, 0) is 16.6 Å². The Labute approximate surface area is 147 Å². The van der Waals surface area contributed by atoms with Gasteiger partial charge in [0.1, 0.15) is 0 Å². The number of aromatic nitrogens is 1. The number of carbonyl (C=O) groups is 2. The number of rotatable bonds is 4.